The minimum absolute atomic E-state index is 0.145. The normalized spacial score (nSPS) is 12.5. The SMILES string of the molecule is Cc1cccc(Cl)c1C(=O)N[C@@H](Cc1ccc(-c2c(C)n(C)c(=O)n(C)c2=O)cc1)C(C)(C)C. The fourth-order valence-corrected chi connectivity index (χ4v) is 4.35. The standard InChI is InChI=1S/C27H32ClN3O3/c1-16-9-8-10-20(28)22(16)24(32)29-21(27(3,4)5)15-18-11-13-19(14-12-18)23-17(2)30(6)26(34)31(7)25(23)33/h8-14,21H,15H2,1-7H3,(H,29,32)/t21-/m0/s1. The summed E-state index contributed by atoms with van der Waals surface area (Å²) in [4.78, 5) is 38.0. The van der Waals surface area contributed by atoms with Crippen molar-refractivity contribution in [3.8, 4) is 11.1 Å². The van der Waals surface area contributed by atoms with Crippen molar-refractivity contribution in [3.05, 3.63) is 90.7 Å². The number of carbonyl (C=O) groups excluding carboxylic acids is 1. The van der Waals surface area contributed by atoms with Crippen LogP contribution in [0.5, 0.6) is 0 Å². The van der Waals surface area contributed by atoms with Crippen LogP contribution in [0.4, 0.5) is 0 Å². The molecule has 0 fully saturated rings. The van der Waals surface area contributed by atoms with Crippen molar-refractivity contribution in [3.63, 3.8) is 0 Å². The Kier molecular flexibility index (Phi) is 7.22. The molecule has 0 aliphatic heterocycles. The van der Waals surface area contributed by atoms with Crippen LogP contribution < -0.4 is 16.6 Å². The number of amides is 1. The fourth-order valence-electron chi connectivity index (χ4n) is 4.04. The molecule has 1 amide bonds. The molecule has 0 saturated carbocycles. The second-order valence-corrected chi connectivity index (χ2v) is 10.3. The van der Waals surface area contributed by atoms with E-state index >= 15 is 0 Å². The summed E-state index contributed by atoms with van der Waals surface area (Å²) in [5, 5.41) is 3.61. The van der Waals surface area contributed by atoms with E-state index in [4.69, 9.17) is 11.6 Å². The minimum atomic E-state index is -0.347. The van der Waals surface area contributed by atoms with E-state index in [1.165, 1.54) is 11.6 Å². The van der Waals surface area contributed by atoms with Crippen LogP contribution >= 0.6 is 11.6 Å². The summed E-state index contributed by atoms with van der Waals surface area (Å²) in [7, 11) is 3.14. The Morgan fingerprint density at radius 1 is 1.00 bits per heavy atom. The largest absolute Gasteiger partial charge is 0.348 e. The zero-order valence-corrected chi connectivity index (χ0v) is 21.6. The Morgan fingerprint density at radius 3 is 2.18 bits per heavy atom. The highest BCUT2D eigenvalue weighted by molar-refractivity contribution is 6.34. The summed E-state index contributed by atoms with van der Waals surface area (Å²) >= 11 is 6.31. The molecular weight excluding hydrogens is 450 g/mol. The number of aryl methyl sites for hydroxylation is 1. The van der Waals surface area contributed by atoms with Crippen LogP contribution in [-0.4, -0.2) is 21.1 Å². The van der Waals surface area contributed by atoms with Crippen molar-refractivity contribution in [1.82, 2.24) is 14.5 Å². The molecule has 1 aromatic heterocycles. The highest BCUT2D eigenvalue weighted by atomic mass is 35.5. The highest BCUT2D eigenvalue weighted by Gasteiger charge is 2.28. The fraction of sp³-hybridized carbons (Fsp3) is 0.370. The maximum absolute atomic E-state index is 13.1. The number of carbonyl (C=O) groups is 1. The van der Waals surface area contributed by atoms with Gasteiger partial charge in [0.25, 0.3) is 11.5 Å². The van der Waals surface area contributed by atoms with Gasteiger partial charge >= 0.3 is 5.69 Å². The predicted octanol–water partition coefficient (Wildman–Crippen LogP) is 4.41. The molecule has 0 bridgehead atoms. The van der Waals surface area contributed by atoms with Crippen LogP contribution in [0.25, 0.3) is 11.1 Å². The van der Waals surface area contributed by atoms with Gasteiger partial charge < -0.3 is 9.88 Å². The molecule has 0 radical (unpaired) electrons. The number of hydrogen-bond donors (Lipinski definition) is 1. The number of nitrogens with zero attached hydrogens (tertiary/aromatic N) is 2. The summed E-state index contributed by atoms with van der Waals surface area (Å²) in [5.74, 6) is -0.191. The molecule has 1 heterocycles. The monoisotopic (exact) mass is 481 g/mol. The number of benzene rings is 2. The summed E-state index contributed by atoms with van der Waals surface area (Å²) in [6.07, 6.45) is 0.614. The highest BCUT2D eigenvalue weighted by Crippen LogP contribution is 2.26. The lowest BCUT2D eigenvalue weighted by Crippen LogP contribution is -2.45. The van der Waals surface area contributed by atoms with Gasteiger partial charge in [0.05, 0.1) is 16.1 Å². The van der Waals surface area contributed by atoms with E-state index in [1.54, 1.807) is 20.0 Å². The Balaban J connectivity index is 1.90. The van der Waals surface area contributed by atoms with Crippen molar-refractivity contribution in [2.75, 3.05) is 0 Å². The molecule has 7 heteroatoms. The number of hydrogen-bond acceptors (Lipinski definition) is 3. The van der Waals surface area contributed by atoms with E-state index < -0.39 is 0 Å². The third-order valence-corrected chi connectivity index (χ3v) is 6.75. The molecule has 2 aromatic carbocycles. The van der Waals surface area contributed by atoms with E-state index in [9.17, 15) is 14.4 Å². The lowest BCUT2D eigenvalue weighted by molar-refractivity contribution is 0.0901. The van der Waals surface area contributed by atoms with Gasteiger partial charge in [-0.15, -0.1) is 0 Å². The molecule has 1 N–H and O–H groups in total. The van der Waals surface area contributed by atoms with Crippen LogP contribution in [0, 0.1) is 19.3 Å². The molecule has 0 unspecified atom stereocenters. The molecule has 0 saturated heterocycles. The van der Waals surface area contributed by atoms with Gasteiger partial charge in [-0.25, -0.2) is 4.79 Å². The van der Waals surface area contributed by atoms with Gasteiger partial charge in [0.1, 0.15) is 0 Å². The molecule has 180 valence electrons. The lowest BCUT2D eigenvalue weighted by Gasteiger charge is -2.32. The van der Waals surface area contributed by atoms with Gasteiger partial charge in [0, 0.05) is 25.8 Å². The van der Waals surface area contributed by atoms with Gasteiger partial charge in [0.15, 0.2) is 0 Å². The summed E-state index contributed by atoms with van der Waals surface area (Å²) < 4.78 is 2.60. The van der Waals surface area contributed by atoms with E-state index in [0.29, 0.717) is 28.3 Å². The summed E-state index contributed by atoms with van der Waals surface area (Å²) in [6, 6.07) is 13.0. The minimum Gasteiger partial charge on any atom is -0.348 e. The quantitative estimate of drug-likeness (QED) is 0.586. The topological polar surface area (TPSA) is 73.1 Å². The van der Waals surface area contributed by atoms with E-state index in [1.807, 2.05) is 43.3 Å². The summed E-state index contributed by atoms with van der Waals surface area (Å²) in [6.45, 7) is 9.90. The molecule has 0 aliphatic carbocycles. The number of nitrogens with one attached hydrogen (secondary N) is 1. The van der Waals surface area contributed by atoms with Crippen molar-refractivity contribution in [1.29, 1.82) is 0 Å². The molecule has 34 heavy (non-hydrogen) atoms. The average Bonchev–Trinajstić information content (AvgIpc) is 2.76. The zero-order chi connectivity index (χ0) is 25.4. The first kappa shape index (κ1) is 25.5. The van der Waals surface area contributed by atoms with Gasteiger partial charge in [-0.3, -0.25) is 14.2 Å². The Bertz CT molecular complexity index is 1330. The van der Waals surface area contributed by atoms with Crippen molar-refractivity contribution >= 4 is 17.5 Å². The maximum Gasteiger partial charge on any atom is 0.330 e. The first-order chi connectivity index (χ1) is 15.8. The van der Waals surface area contributed by atoms with Gasteiger partial charge in [-0.05, 0) is 48.4 Å². The molecular formula is C27H32ClN3O3. The molecule has 3 rings (SSSR count). The lowest BCUT2D eigenvalue weighted by atomic mass is 9.82. The van der Waals surface area contributed by atoms with E-state index in [2.05, 4.69) is 26.1 Å². The van der Waals surface area contributed by atoms with Gasteiger partial charge in [0.2, 0.25) is 0 Å². The second-order valence-electron chi connectivity index (χ2n) is 9.89. The molecule has 0 spiro atoms. The van der Waals surface area contributed by atoms with Crippen molar-refractivity contribution < 1.29 is 4.79 Å². The maximum atomic E-state index is 13.1. The van der Waals surface area contributed by atoms with Crippen LogP contribution in [0.2, 0.25) is 5.02 Å². The van der Waals surface area contributed by atoms with Crippen molar-refractivity contribution in [2.24, 2.45) is 19.5 Å². The van der Waals surface area contributed by atoms with Crippen LogP contribution in [-0.2, 0) is 20.5 Å². The van der Waals surface area contributed by atoms with Crippen LogP contribution in [0.15, 0.2) is 52.1 Å². The molecule has 6 nitrogen and oxygen atoms in total. The number of rotatable bonds is 5. The molecule has 0 aliphatic rings. The number of halogens is 1. The first-order valence-corrected chi connectivity index (χ1v) is 11.6. The Labute approximate surface area is 205 Å². The van der Waals surface area contributed by atoms with Crippen LogP contribution in [0.3, 0.4) is 0 Å². The third kappa shape index (κ3) is 5.02. The first-order valence-electron chi connectivity index (χ1n) is 11.2. The zero-order valence-electron chi connectivity index (χ0n) is 20.8. The van der Waals surface area contributed by atoms with Crippen molar-refractivity contribution in [2.45, 2.75) is 47.1 Å². The second kappa shape index (κ2) is 9.63. The third-order valence-electron chi connectivity index (χ3n) is 6.44. The molecule has 3 aromatic rings. The van der Waals surface area contributed by atoms with Gasteiger partial charge in [-0.2, -0.15) is 0 Å². The number of aromatic nitrogens is 2. The summed E-state index contributed by atoms with van der Waals surface area (Å²) in [5.41, 5.74) is 3.37. The predicted molar refractivity (Wildman–Crippen MR) is 138 cm³/mol. The average molecular weight is 482 g/mol. The molecule has 1 atom stereocenters. The van der Waals surface area contributed by atoms with Crippen LogP contribution in [0.1, 0.15) is 48.0 Å². The Morgan fingerprint density at radius 2 is 1.62 bits per heavy atom. The van der Waals surface area contributed by atoms with E-state index in [-0.39, 0.29) is 28.6 Å². The van der Waals surface area contributed by atoms with E-state index in [0.717, 1.165) is 21.3 Å². The smallest absolute Gasteiger partial charge is 0.330 e. The Hall–Kier alpha value is -3.12. The van der Waals surface area contributed by atoms with Gasteiger partial charge in [-0.1, -0.05) is 68.8 Å².